The molecule has 0 bridgehead atoms. The van der Waals surface area contributed by atoms with E-state index in [-0.39, 0.29) is 30.0 Å². The molecule has 1 N–H and O–H groups in total. The van der Waals surface area contributed by atoms with E-state index < -0.39 is 15.9 Å². The van der Waals surface area contributed by atoms with Crippen molar-refractivity contribution in [1.29, 1.82) is 0 Å². The summed E-state index contributed by atoms with van der Waals surface area (Å²) in [6, 6.07) is 6.16. The number of H-pyrrole nitrogens is 1. The molecule has 5 rings (SSSR count). The van der Waals surface area contributed by atoms with Crippen LogP contribution in [0.1, 0.15) is 6.42 Å². The van der Waals surface area contributed by atoms with Crippen LogP contribution in [0.5, 0.6) is 0 Å². The molecule has 1 aromatic carbocycles. The molecule has 0 radical (unpaired) electrons. The first-order valence-corrected chi connectivity index (χ1v) is 11.4. The van der Waals surface area contributed by atoms with Crippen molar-refractivity contribution in [3.63, 3.8) is 0 Å². The van der Waals surface area contributed by atoms with Crippen LogP contribution >= 0.6 is 0 Å². The maximum atomic E-state index is 13.7. The van der Waals surface area contributed by atoms with Crippen molar-refractivity contribution in [2.75, 3.05) is 18.0 Å². The van der Waals surface area contributed by atoms with Gasteiger partial charge in [-0.15, -0.1) is 0 Å². The summed E-state index contributed by atoms with van der Waals surface area (Å²) in [6.07, 6.45) is 11.5. The number of imidazole rings is 1. The van der Waals surface area contributed by atoms with E-state index in [2.05, 4.69) is 15.0 Å². The number of carbonyl (C=O) groups excluding carboxylic acids is 1. The summed E-state index contributed by atoms with van der Waals surface area (Å²) in [5.41, 5.74) is 1.39. The average molecular weight is 454 g/mol. The summed E-state index contributed by atoms with van der Waals surface area (Å²) in [5.74, 6) is -1.01. The number of carbonyl (C=O) groups is 1. The van der Waals surface area contributed by atoms with Gasteiger partial charge in [0.15, 0.2) is 0 Å². The van der Waals surface area contributed by atoms with Crippen LogP contribution in [0.3, 0.4) is 0 Å². The van der Waals surface area contributed by atoms with Crippen LogP contribution < -0.4 is 4.90 Å². The lowest BCUT2D eigenvalue weighted by Gasteiger charge is -2.26. The van der Waals surface area contributed by atoms with Crippen LogP contribution in [0.15, 0.2) is 72.8 Å². The number of pyridine rings is 1. The number of hydrogen-bond acceptors (Lipinski definition) is 6. The third-order valence-electron chi connectivity index (χ3n) is 5.55. The van der Waals surface area contributed by atoms with Crippen molar-refractivity contribution in [3.05, 3.63) is 73.5 Å². The van der Waals surface area contributed by atoms with Gasteiger partial charge in [-0.25, -0.2) is 17.8 Å². The number of hydrogen-bond donors (Lipinski definition) is 1. The molecule has 3 aromatic rings. The first kappa shape index (κ1) is 20.3. The van der Waals surface area contributed by atoms with Crippen molar-refractivity contribution >= 4 is 32.5 Å². The van der Waals surface area contributed by atoms with E-state index in [1.807, 2.05) is 0 Å². The van der Waals surface area contributed by atoms with Crippen LogP contribution in [0.4, 0.5) is 10.1 Å². The van der Waals surface area contributed by atoms with Crippen LogP contribution in [-0.4, -0.2) is 51.6 Å². The van der Waals surface area contributed by atoms with Gasteiger partial charge in [-0.2, -0.15) is 4.31 Å². The zero-order valence-corrected chi connectivity index (χ0v) is 17.6. The quantitative estimate of drug-likeness (QED) is 0.650. The topological polar surface area (TPSA) is 102 Å². The molecule has 0 aliphatic carbocycles. The molecule has 11 heteroatoms. The molecule has 164 valence electrons. The number of nitrogens with zero attached hydrogens (tertiary/aromatic N) is 5. The Morgan fingerprint density at radius 1 is 1.09 bits per heavy atom. The standard InChI is InChI=1S/C21H19FN6O3S/c22-16-1-2-18-17(13-16)19(3-5-23-18)26-9-11-27(12-10-26)20(29)15-4-8-28(14-15)32(30,31)21-24-6-7-25-21/h1-3,5-7,9-13,15H,4,8,14H2,(H,24,25)/t15-/m0/s1. The lowest BCUT2D eigenvalue weighted by atomic mass is 10.1. The number of amides is 1. The van der Waals surface area contributed by atoms with E-state index in [0.29, 0.717) is 17.3 Å². The number of benzene rings is 1. The number of fused-ring (bicyclic) bond motifs is 1. The molecule has 1 atom stereocenters. The van der Waals surface area contributed by atoms with Crippen LogP contribution in [0, 0.1) is 11.7 Å². The zero-order chi connectivity index (χ0) is 22.3. The second kappa shape index (κ2) is 7.84. The zero-order valence-electron chi connectivity index (χ0n) is 16.8. The minimum Gasteiger partial charge on any atom is -0.334 e. The second-order valence-electron chi connectivity index (χ2n) is 7.48. The highest BCUT2D eigenvalue weighted by atomic mass is 32.2. The molecular weight excluding hydrogens is 435 g/mol. The highest BCUT2D eigenvalue weighted by Gasteiger charge is 2.38. The smallest absolute Gasteiger partial charge is 0.276 e. The number of aromatic amines is 1. The molecular formula is C21H19FN6O3S. The van der Waals surface area contributed by atoms with Crippen molar-refractivity contribution in [1.82, 2.24) is 24.2 Å². The first-order chi connectivity index (χ1) is 15.4. The van der Waals surface area contributed by atoms with Crippen molar-refractivity contribution in [3.8, 4) is 0 Å². The summed E-state index contributed by atoms with van der Waals surface area (Å²) >= 11 is 0. The average Bonchev–Trinajstić information content (AvgIpc) is 3.51. The molecule has 1 saturated heterocycles. The molecule has 4 heterocycles. The summed E-state index contributed by atoms with van der Waals surface area (Å²) in [5, 5.41) is 0.524. The van der Waals surface area contributed by atoms with Gasteiger partial charge in [-0.1, -0.05) is 0 Å². The van der Waals surface area contributed by atoms with E-state index >= 15 is 0 Å². The normalized spacial score (nSPS) is 19.2. The van der Waals surface area contributed by atoms with Gasteiger partial charge in [0.2, 0.25) is 11.1 Å². The monoisotopic (exact) mass is 454 g/mol. The van der Waals surface area contributed by atoms with Gasteiger partial charge in [0.1, 0.15) is 5.82 Å². The van der Waals surface area contributed by atoms with E-state index in [1.54, 1.807) is 48.0 Å². The fourth-order valence-corrected chi connectivity index (χ4v) is 5.27. The Labute approximate surface area is 183 Å². The fourth-order valence-electron chi connectivity index (χ4n) is 3.90. The van der Waals surface area contributed by atoms with Gasteiger partial charge in [0, 0.05) is 61.9 Å². The van der Waals surface area contributed by atoms with E-state index in [1.165, 1.54) is 33.7 Å². The number of sulfonamides is 1. The number of aromatic nitrogens is 3. The van der Waals surface area contributed by atoms with Gasteiger partial charge in [0.05, 0.1) is 17.1 Å². The van der Waals surface area contributed by atoms with Gasteiger partial charge < -0.3 is 9.88 Å². The molecule has 0 unspecified atom stereocenters. The number of rotatable bonds is 4. The molecule has 2 aliphatic rings. The lowest BCUT2D eigenvalue weighted by molar-refractivity contribution is -0.130. The Bertz CT molecular complexity index is 1320. The summed E-state index contributed by atoms with van der Waals surface area (Å²) in [4.78, 5) is 26.9. The third kappa shape index (κ3) is 3.55. The molecule has 1 fully saturated rings. The van der Waals surface area contributed by atoms with Crippen LogP contribution in [0.25, 0.3) is 10.9 Å². The Morgan fingerprint density at radius 2 is 1.91 bits per heavy atom. The largest absolute Gasteiger partial charge is 0.334 e. The van der Waals surface area contributed by atoms with Crippen molar-refractivity contribution < 1.29 is 17.6 Å². The van der Waals surface area contributed by atoms with Gasteiger partial charge in [-0.05, 0) is 30.7 Å². The van der Waals surface area contributed by atoms with Gasteiger partial charge >= 0.3 is 0 Å². The highest BCUT2D eigenvalue weighted by Crippen LogP contribution is 2.29. The Hall–Kier alpha value is -3.57. The van der Waals surface area contributed by atoms with Crippen LogP contribution in [-0.2, 0) is 14.8 Å². The van der Waals surface area contributed by atoms with Crippen LogP contribution in [0.2, 0.25) is 0 Å². The minimum atomic E-state index is -3.75. The molecule has 0 saturated carbocycles. The summed E-state index contributed by atoms with van der Waals surface area (Å²) in [6.45, 7) is 0.347. The summed E-state index contributed by atoms with van der Waals surface area (Å²) in [7, 11) is -3.75. The molecule has 2 aromatic heterocycles. The third-order valence-corrected chi connectivity index (χ3v) is 7.27. The predicted octanol–water partition coefficient (Wildman–Crippen LogP) is 2.40. The van der Waals surface area contributed by atoms with Crippen molar-refractivity contribution in [2.45, 2.75) is 11.6 Å². The van der Waals surface area contributed by atoms with E-state index in [0.717, 1.165) is 5.69 Å². The first-order valence-electron chi connectivity index (χ1n) is 9.94. The van der Waals surface area contributed by atoms with E-state index in [4.69, 9.17) is 0 Å². The van der Waals surface area contributed by atoms with Gasteiger partial charge in [0.25, 0.3) is 10.0 Å². The second-order valence-corrected chi connectivity index (χ2v) is 9.34. The Kier molecular flexibility index (Phi) is 4.98. The molecule has 0 spiro atoms. The molecule has 9 nitrogen and oxygen atoms in total. The number of nitrogens with one attached hydrogen (secondary N) is 1. The maximum Gasteiger partial charge on any atom is 0.276 e. The molecule has 2 aliphatic heterocycles. The maximum absolute atomic E-state index is 13.7. The van der Waals surface area contributed by atoms with Gasteiger partial charge in [-0.3, -0.25) is 14.7 Å². The summed E-state index contributed by atoms with van der Waals surface area (Å²) < 4.78 is 40.2. The number of anilines is 1. The molecule has 1 amide bonds. The Balaban J connectivity index is 1.30. The predicted molar refractivity (Wildman–Crippen MR) is 115 cm³/mol. The molecule has 32 heavy (non-hydrogen) atoms. The lowest BCUT2D eigenvalue weighted by Crippen LogP contribution is -2.35. The van der Waals surface area contributed by atoms with Crippen molar-refractivity contribution in [2.24, 2.45) is 5.92 Å². The SMILES string of the molecule is O=C([C@H]1CCN(S(=O)(=O)c2ncc[nH]2)C1)N1C=CN(c2ccnc3ccc(F)cc23)C=C1. The fraction of sp³-hybridized carbons (Fsp3) is 0.190. The minimum absolute atomic E-state index is 0.0953. The van der Waals surface area contributed by atoms with E-state index in [9.17, 15) is 17.6 Å². The highest BCUT2D eigenvalue weighted by molar-refractivity contribution is 7.89. The Morgan fingerprint density at radius 3 is 2.66 bits per heavy atom. The number of halogens is 1.